The van der Waals surface area contributed by atoms with Crippen LogP contribution in [0.5, 0.6) is 0 Å². The highest BCUT2D eigenvalue weighted by molar-refractivity contribution is 5.82. The molecule has 3 N–H and O–H groups in total. The second-order valence-corrected chi connectivity index (χ2v) is 4.41. The first-order valence-electron chi connectivity index (χ1n) is 5.96. The van der Waals surface area contributed by atoms with Crippen LogP contribution >= 0.6 is 0 Å². The summed E-state index contributed by atoms with van der Waals surface area (Å²) in [6, 6.07) is -1.42. The predicted molar refractivity (Wildman–Crippen MR) is 63.2 cm³/mol. The maximum absolute atomic E-state index is 11.8. The lowest BCUT2D eigenvalue weighted by atomic mass is 10.1. The number of hydrogen-bond acceptors (Lipinski definition) is 4. The standard InChI is InChI=1S/C11H20N2O5/c1-18-7-9(10(15)16)12-11(17)13-4-2-8(6-13)3-5-14/h8-9,14H,2-7H2,1H3,(H,12,17)(H,15,16). The first-order valence-corrected chi connectivity index (χ1v) is 5.96. The number of aliphatic carboxylic acids is 1. The van der Waals surface area contributed by atoms with Crippen LogP contribution < -0.4 is 5.32 Å². The van der Waals surface area contributed by atoms with Gasteiger partial charge in [-0.15, -0.1) is 0 Å². The maximum Gasteiger partial charge on any atom is 0.328 e. The minimum atomic E-state index is -1.11. The number of ether oxygens (including phenoxy) is 1. The Morgan fingerprint density at radius 2 is 2.28 bits per heavy atom. The number of carboxylic acids is 1. The molecule has 1 fully saturated rings. The first kappa shape index (κ1) is 14.7. The fourth-order valence-electron chi connectivity index (χ4n) is 2.02. The Hall–Kier alpha value is -1.34. The monoisotopic (exact) mass is 260 g/mol. The summed E-state index contributed by atoms with van der Waals surface area (Å²) >= 11 is 0. The summed E-state index contributed by atoms with van der Waals surface area (Å²) in [5, 5.41) is 20.1. The molecule has 0 spiro atoms. The van der Waals surface area contributed by atoms with Crippen molar-refractivity contribution in [2.24, 2.45) is 5.92 Å². The van der Waals surface area contributed by atoms with Crippen LogP contribution in [-0.2, 0) is 9.53 Å². The maximum atomic E-state index is 11.8. The summed E-state index contributed by atoms with van der Waals surface area (Å²) in [5.74, 6) is -0.817. The number of nitrogens with zero attached hydrogens (tertiary/aromatic N) is 1. The molecule has 7 nitrogen and oxygen atoms in total. The number of carboxylic acid groups (broad SMARTS) is 1. The molecule has 1 saturated heterocycles. The van der Waals surface area contributed by atoms with Crippen LogP contribution in [0.4, 0.5) is 4.79 Å². The van der Waals surface area contributed by atoms with Gasteiger partial charge in [-0.05, 0) is 18.8 Å². The molecule has 1 heterocycles. The number of amides is 2. The van der Waals surface area contributed by atoms with Crippen LogP contribution in [0.3, 0.4) is 0 Å². The van der Waals surface area contributed by atoms with Gasteiger partial charge < -0.3 is 25.2 Å². The molecular formula is C11H20N2O5. The van der Waals surface area contributed by atoms with Gasteiger partial charge >= 0.3 is 12.0 Å². The van der Waals surface area contributed by atoms with Gasteiger partial charge in [-0.2, -0.15) is 0 Å². The van der Waals surface area contributed by atoms with Crippen molar-refractivity contribution in [3.05, 3.63) is 0 Å². The predicted octanol–water partition coefficient (Wildman–Crippen LogP) is -0.500. The zero-order valence-electron chi connectivity index (χ0n) is 10.5. The molecule has 1 aliphatic rings. The van der Waals surface area contributed by atoms with Crippen molar-refractivity contribution in [2.45, 2.75) is 18.9 Å². The fourth-order valence-corrected chi connectivity index (χ4v) is 2.02. The van der Waals surface area contributed by atoms with Crippen molar-refractivity contribution in [2.75, 3.05) is 33.4 Å². The summed E-state index contributed by atoms with van der Waals surface area (Å²) in [4.78, 5) is 24.3. The normalized spacial score (nSPS) is 20.8. The molecule has 104 valence electrons. The second-order valence-electron chi connectivity index (χ2n) is 4.41. The zero-order chi connectivity index (χ0) is 13.5. The zero-order valence-corrected chi connectivity index (χ0v) is 10.5. The van der Waals surface area contributed by atoms with Gasteiger partial charge in [0.1, 0.15) is 0 Å². The van der Waals surface area contributed by atoms with E-state index in [-0.39, 0.29) is 19.2 Å². The Kier molecular flexibility index (Phi) is 5.87. The summed E-state index contributed by atoms with van der Waals surface area (Å²) in [6.07, 6.45) is 1.51. The van der Waals surface area contributed by atoms with E-state index in [0.717, 1.165) is 6.42 Å². The molecule has 0 aromatic rings. The Labute approximate surface area is 106 Å². The molecule has 0 radical (unpaired) electrons. The number of carbonyl (C=O) groups excluding carboxylic acids is 1. The van der Waals surface area contributed by atoms with E-state index < -0.39 is 12.0 Å². The molecule has 1 rings (SSSR count). The van der Waals surface area contributed by atoms with Crippen molar-refractivity contribution in [3.8, 4) is 0 Å². The third-order valence-corrected chi connectivity index (χ3v) is 3.04. The van der Waals surface area contributed by atoms with Crippen LogP contribution in [0.25, 0.3) is 0 Å². The topological polar surface area (TPSA) is 99.1 Å². The minimum absolute atomic E-state index is 0.0605. The average Bonchev–Trinajstić information content (AvgIpc) is 2.77. The van der Waals surface area contributed by atoms with Gasteiger partial charge in [0.2, 0.25) is 0 Å². The van der Waals surface area contributed by atoms with Crippen LogP contribution in [0.2, 0.25) is 0 Å². The smallest absolute Gasteiger partial charge is 0.328 e. The Bertz CT molecular complexity index is 297. The Morgan fingerprint density at radius 3 is 2.83 bits per heavy atom. The third-order valence-electron chi connectivity index (χ3n) is 3.04. The first-order chi connectivity index (χ1) is 8.58. The van der Waals surface area contributed by atoms with E-state index in [4.69, 9.17) is 14.9 Å². The highest BCUT2D eigenvalue weighted by Gasteiger charge is 2.28. The van der Waals surface area contributed by atoms with E-state index in [1.807, 2.05) is 0 Å². The van der Waals surface area contributed by atoms with Crippen molar-refractivity contribution >= 4 is 12.0 Å². The van der Waals surface area contributed by atoms with E-state index in [2.05, 4.69) is 5.32 Å². The van der Waals surface area contributed by atoms with E-state index in [1.165, 1.54) is 7.11 Å². The van der Waals surface area contributed by atoms with E-state index in [1.54, 1.807) is 4.90 Å². The number of aliphatic hydroxyl groups excluding tert-OH is 1. The summed E-state index contributed by atoms with van der Waals surface area (Å²) in [5.41, 5.74) is 0. The lowest BCUT2D eigenvalue weighted by molar-refractivity contribution is -0.140. The summed E-state index contributed by atoms with van der Waals surface area (Å²) in [7, 11) is 1.38. The lowest BCUT2D eigenvalue weighted by Crippen LogP contribution is -2.49. The molecule has 2 amide bonds. The molecule has 0 aromatic heterocycles. The number of likely N-dealkylation sites (tertiary alicyclic amines) is 1. The van der Waals surface area contributed by atoms with Gasteiger partial charge in [0.25, 0.3) is 0 Å². The molecule has 0 saturated carbocycles. The number of aliphatic hydroxyl groups is 1. The van der Waals surface area contributed by atoms with Crippen molar-refractivity contribution in [3.63, 3.8) is 0 Å². The van der Waals surface area contributed by atoms with Crippen molar-refractivity contribution < 1.29 is 24.5 Å². The summed E-state index contributed by atoms with van der Waals surface area (Å²) < 4.78 is 4.74. The average molecular weight is 260 g/mol. The van der Waals surface area contributed by atoms with Gasteiger partial charge in [-0.25, -0.2) is 9.59 Å². The van der Waals surface area contributed by atoms with Gasteiger partial charge in [-0.1, -0.05) is 0 Å². The fraction of sp³-hybridized carbons (Fsp3) is 0.818. The largest absolute Gasteiger partial charge is 0.480 e. The number of methoxy groups -OCH3 is 1. The van der Waals surface area contributed by atoms with Crippen LogP contribution in [0, 0.1) is 5.92 Å². The molecule has 2 unspecified atom stereocenters. The molecule has 0 aliphatic carbocycles. The number of urea groups is 1. The van der Waals surface area contributed by atoms with Gasteiger partial charge in [-0.3, -0.25) is 0 Å². The summed E-state index contributed by atoms with van der Waals surface area (Å²) in [6.45, 7) is 1.21. The minimum Gasteiger partial charge on any atom is -0.480 e. The van der Waals surface area contributed by atoms with Crippen LogP contribution in [0.15, 0.2) is 0 Å². The number of nitrogens with one attached hydrogen (secondary N) is 1. The number of hydrogen-bond donors (Lipinski definition) is 3. The van der Waals surface area contributed by atoms with Gasteiger partial charge in [0.15, 0.2) is 6.04 Å². The van der Waals surface area contributed by atoms with E-state index >= 15 is 0 Å². The lowest BCUT2D eigenvalue weighted by Gasteiger charge is -2.20. The Balaban J connectivity index is 2.42. The number of carbonyl (C=O) groups is 2. The van der Waals surface area contributed by atoms with E-state index in [0.29, 0.717) is 25.4 Å². The SMILES string of the molecule is COCC(NC(=O)N1CCC(CCO)C1)C(=O)O. The molecule has 0 bridgehead atoms. The van der Waals surface area contributed by atoms with Crippen LogP contribution in [0.1, 0.15) is 12.8 Å². The van der Waals surface area contributed by atoms with E-state index in [9.17, 15) is 9.59 Å². The highest BCUT2D eigenvalue weighted by atomic mass is 16.5. The molecule has 18 heavy (non-hydrogen) atoms. The Morgan fingerprint density at radius 1 is 1.56 bits per heavy atom. The third kappa shape index (κ3) is 4.15. The van der Waals surface area contributed by atoms with Crippen LogP contribution in [-0.4, -0.2) is 66.6 Å². The quantitative estimate of drug-likeness (QED) is 0.598. The molecule has 2 atom stereocenters. The number of rotatable bonds is 6. The molecule has 1 aliphatic heterocycles. The highest BCUT2D eigenvalue weighted by Crippen LogP contribution is 2.18. The molecule has 7 heteroatoms. The van der Waals surface area contributed by atoms with Crippen molar-refractivity contribution in [1.82, 2.24) is 10.2 Å². The van der Waals surface area contributed by atoms with Gasteiger partial charge in [0.05, 0.1) is 6.61 Å². The van der Waals surface area contributed by atoms with Crippen molar-refractivity contribution in [1.29, 1.82) is 0 Å². The second kappa shape index (κ2) is 7.17. The molecular weight excluding hydrogens is 240 g/mol. The molecule has 0 aromatic carbocycles. The van der Waals surface area contributed by atoms with Gasteiger partial charge in [0, 0.05) is 26.8 Å².